The summed E-state index contributed by atoms with van der Waals surface area (Å²) < 4.78 is 48.8. The highest BCUT2D eigenvalue weighted by Gasteiger charge is 2.29. The number of aryl methyl sites for hydroxylation is 1. The van der Waals surface area contributed by atoms with Crippen LogP contribution in [0.15, 0.2) is 47.4 Å². The van der Waals surface area contributed by atoms with E-state index in [-0.39, 0.29) is 34.8 Å². The number of anilines is 1. The lowest BCUT2D eigenvalue weighted by molar-refractivity contribution is 0.407. The Balaban J connectivity index is 1.79. The molecule has 168 valence electrons. The van der Waals surface area contributed by atoms with Gasteiger partial charge < -0.3 is 9.30 Å². The molecule has 32 heavy (non-hydrogen) atoms. The van der Waals surface area contributed by atoms with Crippen molar-refractivity contribution in [3.63, 3.8) is 0 Å². The number of pyridine rings is 1. The zero-order valence-corrected chi connectivity index (χ0v) is 18.5. The van der Waals surface area contributed by atoms with Gasteiger partial charge in [0.1, 0.15) is 5.82 Å². The van der Waals surface area contributed by atoms with Gasteiger partial charge >= 0.3 is 6.01 Å². The molecule has 0 saturated heterocycles. The highest BCUT2D eigenvalue weighted by atomic mass is 32.2. The smallest absolute Gasteiger partial charge is 0.324 e. The summed E-state index contributed by atoms with van der Waals surface area (Å²) in [5, 5.41) is 0. The standard InChI is InChI=1S/C22H23FN4O4S/c1-3-11-32(29,30)26-19-12-18(15-9-10-20(28)27(2)13-15)24-22(25-19)31-21-16(14-7-8-14)5-4-6-17(21)23/h4-6,9-10,12-14H,3,7-8,11H2,1-2H3,(H,24,25,26). The second kappa shape index (κ2) is 8.70. The maximum Gasteiger partial charge on any atom is 0.324 e. The van der Waals surface area contributed by atoms with Crippen LogP contribution in [0.5, 0.6) is 11.8 Å². The van der Waals surface area contributed by atoms with Gasteiger partial charge in [0.2, 0.25) is 15.6 Å². The minimum absolute atomic E-state index is 0.00313. The molecule has 1 aliphatic carbocycles. The van der Waals surface area contributed by atoms with Crippen LogP contribution in [0.3, 0.4) is 0 Å². The average molecular weight is 459 g/mol. The van der Waals surface area contributed by atoms with E-state index < -0.39 is 15.8 Å². The summed E-state index contributed by atoms with van der Waals surface area (Å²) in [6.07, 6.45) is 3.89. The van der Waals surface area contributed by atoms with Crippen LogP contribution >= 0.6 is 0 Å². The van der Waals surface area contributed by atoms with Gasteiger partial charge in [0, 0.05) is 36.5 Å². The quantitative estimate of drug-likeness (QED) is 0.551. The van der Waals surface area contributed by atoms with E-state index in [9.17, 15) is 17.6 Å². The Hall–Kier alpha value is -3.27. The highest BCUT2D eigenvalue weighted by Crippen LogP contribution is 2.45. The molecular weight excluding hydrogens is 435 g/mol. The Kier molecular flexibility index (Phi) is 5.96. The number of benzene rings is 1. The molecule has 1 aliphatic rings. The fraction of sp³-hybridized carbons (Fsp3) is 0.318. The van der Waals surface area contributed by atoms with E-state index in [1.165, 1.54) is 22.8 Å². The van der Waals surface area contributed by atoms with Gasteiger partial charge in [-0.25, -0.2) is 12.8 Å². The predicted molar refractivity (Wildman–Crippen MR) is 119 cm³/mol. The largest absolute Gasteiger partial charge is 0.421 e. The van der Waals surface area contributed by atoms with Gasteiger partial charge in [-0.2, -0.15) is 9.97 Å². The Bertz CT molecular complexity index is 1320. The second-order valence-electron chi connectivity index (χ2n) is 7.74. The molecule has 0 radical (unpaired) electrons. The molecule has 0 bridgehead atoms. The number of rotatable bonds is 8. The molecule has 0 unspecified atom stereocenters. The average Bonchev–Trinajstić information content (AvgIpc) is 3.56. The summed E-state index contributed by atoms with van der Waals surface area (Å²) in [5.74, 6) is -0.373. The number of hydrogen-bond donors (Lipinski definition) is 1. The molecule has 8 nitrogen and oxygen atoms in total. The number of para-hydroxylation sites is 1. The molecule has 4 rings (SSSR count). The van der Waals surface area contributed by atoms with Crippen molar-refractivity contribution in [3.8, 4) is 23.0 Å². The topological polar surface area (TPSA) is 103 Å². The predicted octanol–water partition coefficient (Wildman–Crippen LogP) is 3.80. The van der Waals surface area contributed by atoms with Gasteiger partial charge in [0.05, 0.1) is 11.4 Å². The third kappa shape index (κ3) is 4.96. The highest BCUT2D eigenvalue weighted by molar-refractivity contribution is 7.92. The molecule has 1 N–H and O–H groups in total. The molecular formula is C22H23FN4O4S. The van der Waals surface area contributed by atoms with Crippen LogP contribution < -0.4 is 15.0 Å². The first-order chi connectivity index (χ1) is 15.3. The lowest BCUT2D eigenvalue weighted by Gasteiger charge is -2.13. The van der Waals surface area contributed by atoms with Crippen LogP contribution in [-0.4, -0.2) is 28.7 Å². The molecule has 10 heteroatoms. The number of ether oxygens (including phenoxy) is 1. The normalized spacial score (nSPS) is 13.7. The summed E-state index contributed by atoms with van der Waals surface area (Å²) in [6.45, 7) is 1.75. The monoisotopic (exact) mass is 458 g/mol. The molecule has 2 heterocycles. The van der Waals surface area contributed by atoms with Gasteiger partial charge in [-0.15, -0.1) is 0 Å². The van der Waals surface area contributed by atoms with E-state index in [1.807, 2.05) is 0 Å². The lowest BCUT2D eigenvalue weighted by atomic mass is 10.1. The van der Waals surface area contributed by atoms with Crippen LogP contribution in [-0.2, 0) is 17.1 Å². The SMILES string of the molecule is CCCS(=O)(=O)Nc1cc(-c2ccc(=O)n(C)c2)nc(Oc2c(F)cccc2C2CC2)n1. The van der Waals surface area contributed by atoms with Crippen molar-refractivity contribution in [2.45, 2.75) is 32.1 Å². The van der Waals surface area contributed by atoms with Gasteiger partial charge in [-0.05, 0) is 37.3 Å². The molecule has 1 fully saturated rings. The maximum atomic E-state index is 14.6. The molecule has 0 spiro atoms. The Morgan fingerprint density at radius 1 is 1.22 bits per heavy atom. The minimum atomic E-state index is -3.63. The number of aromatic nitrogens is 3. The summed E-state index contributed by atoms with van der Waals surface area (Å²) >= 11 is 0. The number of hydrogen-bond acceptors (Lipinski definition) is 6. The Labute approximate surface area is 185 Å². The van der Waals surface area contributed by atoms with E-state index >= 15 is 0 Å². The number of nitrogens with zero attached hydrogens (tertiary/aromatic N) is 3. The lowest BCUT2D eigenvalue weighted by Crippen LogP contribution is -2.17. The van der Waals surface area contributed by atoms with Crippen molar-refractivity contribution in [1.29, 1.82) is 0 Å². The van der Waals surface area contributed by atoms with Crippen molar-refractivity contribution in [3.05, 3.63) is 64.3 Å². The number of sulfonamides is 1. The van der Waals surface area contributed by atoms with Crippen molar-refractivity contribution >= 4 is 15.8 Å². The maximum absolute atomic E-state index is 14.6. The summed E-state index contributed by atoms with van der Waals surface area (Å²) in [6, 6.07) is 8.92. The van der Waals surface area contributed by atoms with Crippen molar-refractivity contribution in [1.82, 2.24) is 14.5 Å². The van der Waals surface area contributed by atoms with Gasteiger partial charge in [-0.1, -0.05) is 19.1 Å². The molecule has 3 aromatic rings. The number of halogens is 1. The van der Waals surface area contributed by atoms with Crippen LogP contribution in [0.25, 0.3) is 11.3 Å². The second-order valence-corrected chi connectivity index (χ2v) is 9.59. The van der Waals surface area contributed by atoms with E-state index in [0.717, 1.165) is 18.4 Å². The van der Waals surface area contributed by atoms with E-state index in [0.29, 0.717) is 17.7 Å². The first-order valence-corrected chi connectivity index (χ1v) is 11.9. The number of nitrogens with one attached hydrogen (secondary N) is 1. The molecule has 0 atom stereocenters. The summed E-state index contributed by atoms with van der Waals surface area (Å²) in [4.78, 5) is 20.3. The van der Waals surface area contributed by atoms with Crippen molar-refractivity contribution in [2.75, 3.05) is 10.5 Å². The van der Waals surface area contributed by atoms with Crippen molar-refractivity contribution < 1.29 is 17.5 Å². The molecule has 1 aromatic carbocycles. The molecule has 1 saturated carbocycles. The molecule has 2 aromatic heterocycles. The fourth-order valence-corrected chi connectivity index (χ4v) is 4.40. The fourth-order valence-electron chi connectivity index (χ4n) is 3.34. The zero-order chi connectivity index (χ0) is 22.9. The van der Waals surface area contributed by atoms with E-state index in [1.54, 1.807) is 38.4 Å². The summed E-state index contributed by atoms with van der Waals surface area (Å²) in [5.41, 5.74) is 1.40. The van der Waals surface area contributed by atoms with Crippen LogP contribution in [0, 0.1) is 5.82 Å². The van der Waals surface area contributed by atoms with E-state index in [4.69, 9.17) is 4.74 Å². The van der Waals surface area contributed by atoms with Gasteiger partial charge in [-0.3, -0.25) is 9.52 Å². The zero-order valence-electron chi connectivity index (χ0n) is 17.7. The van der Waals surface area contributed by atoms with E-state index in [2.05, 4.69) is 14.7 Å². The third-order valence-electron chi connectivity index (χ3n) is 5.03. The van der Waals surface area contributed by atoms with Crippen LogP contribution in [0.2, 0.25) is 0 Å². The third-order valence-corrected chi connectivity index (χ3v) is 6.49. The van der Waals surface area contributed by atoms with Crippen LogP contribution in [0.1, 0.15) is 37.7 Å². The van der Waals surface area contributed by atoms with Crippen molar-refractivity contribution in [2.24, 2.45) is 7.05 Å². The summed E-state index contributed by atoms with van der Waals surface area (Å²) in [7, 11) is -2.04. The van der Waals surface area contributed by atoms with Crippen LogP contribution in [0.4, 0.5) is 10.2 Å². The Morgan fingerprint density at radius 3 is 2.69 bits per heavy atom. The Morgan fingerprint density at radius 2 is 2.00 bits per heavy atom. The molecule has 0 aliphatic heterocycles. The van der Waals surface area contributed by atoms with Gasteiger partial charge in [0.25, 0.3) is 0 Å². The first kappa shape index (κ1) is 21.9. The molecule has 0 amide bonds. The minimum Gasteiger partial charge on any atom is -0.421 e. The van der Waals surface area contributed by atoms with Gasteiger partial charge in [0.15, 0.2) is 11.6 Å². The first-order valence-electron chi connectivity index (χ1n) is 10.3.